The number of hydrogen-bond acceptors (Lipinski definition) is 3. The first-order valence-corrected chi connectivity index (χ1v) is 9.07. The maximum absolute atomic E-state index is 12.9. The molecule has 136 valence electrons. The van der Waals surface area contributed by atoms with Crippen molar-refractivity contribution in [2.45, 2.75) is 13.5 Å². The highest BCUT2D eigenvalue weighted by Gasteiger charge is 2.19. The molecule has 26 heavy (non-hydrogen) atoms. The molecule has 6 heteroatoms. The van der Waals surface area contributed by atoms with Crippen molar-refractivity contribution in [3.05, 3.63) is 65.5 Å². The van der Waals surface area contributed by atoms with Crippen LogP contribution in [0.1, 0.15) is 22.8 Å². The standard InChI is InChI=1S/C20H22FN3OS/c1-15(25)17-4-8-19(9-5-17)23-10-12-24(13-11-23)20(26)22-14-16-2-6-18(21)7-3-16/h2-9H,10-14H2,1H3,(H,22,26). The monoisotopic (exact) mass is 371 g/mol. The van der Waals surface area contributed by atoms with E-state index in [2.05, 4.69) is 15.1 Å². The Hall–Kier alpha value is -2.47. The molecule has 2 aromatic carbocycles. The van der Waals surface area contributed by atoms with Gasteiger partial charge in [0.05, 0.1) is 0 Å². The zero-order valence-corrected chi connectivity index (χ0v) is 15.6. The Morgan fingerprint density at radius 2 is 1.65 bits per heavy atom. The molecule has 0 spiro atoms. The number of thiocarbonyl (C=S) groups is 1. The number of benzene rings is 2. The molecule has 1 aliphatic heterocycles. The first kappa shape index (κ1) is 18.3. The molecule has 4 nitrogen and oxygen atoms in total. The molecule has 1 aliphatic rings. The topological polar surface area (TPSA) is 35.6 Å². The molecule has 2 aromatic rings. The summed E-state index contributed by atoms with van der Waals surface area (Å²) in [6.45, 7) is 5.59. The minimum Gasteiger partial charge on any atom is -0.368 e. The predicted molar refractivity (Wildman–Crippen MR) is 106 cm³/mol. The van der Waals surface area contributed by atoms with Gasteiger partial charge >= 0.3 is 0 Å². The molecule has 1 saturated heterocycles. The number of Topliss-reactive ketones (excluding diaryl/α,β-unsaturated/α-hetero) is 1. The van der Waals surface area contributed by atoms with Gasteiger partial charge in [0.25, 0.3) is 0 Å². The Labute approximate surface area is 158 Å². The first-order valence-electron chi connectivity index (χ1n) is 8.66. The first-order chi connectivity index (χ1) is 12.5. The van der Waals surface area contributed by atoms with Gasteiger partial charge in [0.2, 0.25) is 0 Å². The van der Waals surface area contributed by atoms with Crippen molar-refractivity contribution in [1.82, 2.24) is 10.2 Å². The average molecular weight is 371 g/mol. The second kappa shape index (κ2) is 8.27. The van der Waals surface area contributed by atoms with E-state index < -0.39 is 0 Å². The molecule has 0 saturated carbocycles. The van der Waals surface area contributed by atoms with Gasteiger partial charge in [0.15, 0.2) is 10.9 Å². The lowest BCUT2D eigenvalue weighted by atomic mass is 10.1. The molecule has 0 unspecified atom stereocenters. The van der Waals surface area contributed by atoms with Crippen LogP contribution in [-0.2, 0) is 6.54 Å². The summed E-state index contributed by atoms with van der Waals surface area (Å²) in [5.41, 5.74) is 2.86. The summed E-state index contributed by atoms with van der Waals surface area (Å²) in [5.74, 6) is -0.150. The summed E-state index contributed by atoms with van der Waals surface area (Å²) in [6, 6.07) is 14.2. The minimum atomic E-state index is -0.233. The molecule has 0 atom stereocenters. The van der Waals surface area contributed by atoms with Crippen molar-refractivity contribution in [2.24, 2.45) is 0 Å². The van der Waals surface area contributed by atoms with Gasteiger partial charge < -0.3 is 15.1 Å². The Balaban J connectivity index is 1.48. The number of carbonyl (C=O) groups excluding carboxylic acids is 1. The van der Waals surface area contributed by atoms with Crippen molar-refractivity contribution >= 4 is 28.8 Å². The fraction of sp³-hybridized carbons (Fsp3) is 0.300. The molecule has 0 radical (unpaired) electrons. The van der Waals surface area contributed by atoms with E-state index in [-0.39, 0.29) is 11.6 Å². The number of carbonyl (C=O) groups is 1. The van der Waals surface area contributed by atoms with Crippen LogP contribution < -0.4 is 10.2 Å². The van der Waals surface area contributed by atoms with Crippen LogP contribution in [0.2, 0.25) is 0 Å². The van der Waals surface area contributed by atoms with Crippen molar-refractivity contribution in [1.29, 1.82) is 0 Å². The lowest BCUT2D eigenvalue weighted by Gasteiger charge is -2.37. The predicted octanol–water partition coefficient (Wildman–Crippen LogP) is 3.23. The molecular formula is C20H22FN3OS. The molecular weight excluding hydrogens is 349 g/mol. The normalized spacial score (nSPS) is 14.2. The van der Waals surface area contributed by atoms with Gasteiger partial charge in [-0.2, -0.15) is 0 Å². The van der Waals surface area contributed by atoms with Crippen molar-refractivity contribution in [3.8, 4) is 0 Å². The molecule has 1 N–H and O–H groups in total. The van der Waals surface area contributed by atoms with Crippen LogP contribution in [-0.4, -0.2) is 42.0 Å². The minimum absolute atomic E-state index is 0.0824. The lowest BCUT2D eigenvalue weighted by Crippen LogP contribution is -2.51. The number of halogens is 1. The number of anilines is 1. The van der Waals surface area contributed by atoms with Crippen LogP contribution in [0.4, 0.5) is 10.1 Å². The number of hydrogen-bond donors (Lipinski definition) is 1. The molecule has 1 heterocycles. The third-order valence-corrected chi connectivity index (χ3v) is 4.97. The van der Waals surface area contributed by atoms with Crippen molar-refractivity contribution < 1.29 is 9.18 Å². The van der Waals surface area contributed by atoms with Gasteiger partial charge in [0, 0.05) is 44.0 Å². The summed E-state index contributed by atoms with van der Waals surface area (Å²) in [7, 11) is 0. The van der Waals surface area contributed by atoms with Crippen LogP contribution in [0.25, 0.3) is 0 Å². The fourth-order valence-electron chi connectivity index (χ4n) is 2.97. The molecule has 0 amide bonds. The van der Waals surface area contributed by atoms with E-state index in [9.17, 15) is 9.18 Å². The molecule has 0 bridgehead atoms. The molecule has 3 rings (SSSR count). The van der Waals surface area contributed by atoms with Gasteiger partial charge in [-0.3, -0.25) is 4.79 Å². The van der Waals surface area contributed by atoms with Gasteiger partial charge in [-0.1, -0.05) is 12.1 Å². The Kier molecular flexibility index (Phi) is 5.83. The maximum atomic E-state index is 12.9. The van der Waals surface area contributed by atoms with Gasteiger partial charge in [-0.05, 0) is 61.1 Å². The lowest BCUT2D eigenvalue weighted by molar-refractivity contribution is 0.101. The zero-order valence-electron chi connectivity index (χ0n) is 14.7. The highest BCUT2D eigenvalue weighted by Crippen LogP contribution is 2.18. The van der Waals surface area contributed by atoms with E-state index in [1.165, 1.54) is 12.1 Å². The third kappa shape index (κ3) is 4.58. The van der Waals surface area contributed by atoms with Crippen molar-refractivity contribution in [3.63, 3.8) is 0 Å². The Bertz CT molecular complexity index is 769. The SMILES string of the molecule is CC(=O)c1ccc(N2CCN(C(=S)NCc3ccc(F)cc3)CC2)cc1. The largest absolute Gasteiger partial charge is 0.368 e. The highest BCUT2D eigenvalue weighted by atomic mass is 32.1. The summed E-state index contributed by atoms with van der Waals surface area (Å²) < 4.78 is 12.9. The second-order valence-corrected chi connectivity index (χ2v) is 6.75. The Morgan fingerprint density at radius 1 is 1.04 bits per heavy atom. The number of piperazine rings is 1. The van der Waals surface area contributed by atoms with Crippen LogP contribution in [0.5, 0.6) is 0 Å². The average Bonchev–Trinajstić information content (AvgIpc) is 2.67. The van der Waals surface area contributed by atoms with Crippen LogP contribution in [0, 0.1) is 5.82 Å². The van der Waals surface area contributed by atoms with E-state index in [1.54, 1.807) is 19.1 Å². The number of nitrogens with zero attached hydrogens (tertiary/aromatic N) is 2. The van der Waals surface area contributed by atoms with E-state index >= 15 is 0 Å². The number of ketones is 1. The van der Waals surface area contributed by atoms with Gasteiger partial charge in [-0.15, -0.1) is 0 Å². The second-order valence-electron chi connectivity index (χ2n) is 6.36. The molecule has 0 aliphatic carbocycles. The maximum Gasteiger partial charge on any atom is 0.169 e. The Morgan fingerprint density at radius 3 is 2.23 bits per heavy atom. The molecule has 0 aromatic heterocycles. The van der Waals surface area contributed by atoms with Gasteiger partial charge in [0.1, 0.15) is 5.82 Å². The quantitative estimate of drug-likeness (QED) is 0.660. The van der Waals surface area contributed by atoms with Crippen LogP contribution in [0.15, 0.2) is 48.5 Å². The van der Waals surface area contributed by atoms with Gasteiger partial charge in [-0.25, -0.2) is 4.39 Å². The van der Waals surface area contributed by atoms with Crippen molar-refractivity contribution in [2.75, 3.05) is 31.1 Å². The summed E-state index contributed by atoms with van der Waals surface area (Å²) in [4.78, 5) is 15.8. The van der Waals surface area contributed by atoms with E-state index in [4.69, 9.17) is 12.2 Å². The summed E-state index contributed by atoms with van der Waals surface area (Å²) in [5, 5.41) is 3.96. The van der Waals surface area contributed by atoms with Crippen LogP contribution in [0.3, 0.4) is 0 Å². The highest BCUT2D eigenvalue weighted by molar-refractivity contribution is 7.80. The summed E-state index contributed by atoms with van der Waals surface area (Å²) >= 11 is 5.48. The van der Waals surface area contributed by atoms with E-state index in [0.29, 0.717) is 6.54 Å². The number of nitrogens with one attached hydrogen (secondary N) is 1. The van der Waals surface area contributed by atoms with Crippen LogP contribution >= 0.6 is 12.2 Å². The smallest absolute Gasteiger partial charge is 0.169 e. The summed E-state index contributed by atoms with van der Waals surface area (Å²) in [6.07, 6.45) is 0. The van der Waals surface area contributed by atoms with E-state index in [1.807, 2.05) is 24.3 Å². The third-order valence-electron chi connectivity index (χ3n) is 4.56. The fourth-order valence-corrected chi connectivity index (χ4v) is 3.22. The number of rotatable bonds is 4. The van der Waals surface area contributed by atoms with E-state index in [0.717, 1.165) is 48.1 Å². The zero-order chi connectivity index (χ0) is 18.5. The molecule has 1 fully saturated rings.